The number of nitrogens with one attached hydrogen (secondary N) is 1. The molecule has 11 nitrogen and oxygen atoms in total. The SMILES string of the molecule is COc1ccc2c(c1)C1CC1(C(=O)N1CC3N(C)C4CN(C)C34C1)Cn1c-2c(C2CCCCC2)c2ccc(C(=O)NS(=O)(=O)N(C)C)cc21. The van der Waals surface area contributed by atoms with Gasteiger partial charge >= 0.3 is 10.2 Å². The van der Waals surface area contributed by atoms with Crippen molar-refractivity contribution in [1.82, 2.24) is 28.3 Å². The highest BCUT2D eigenvalue weighted by atomic mass is 32.2. The lowest BCUT2D eigenvalue weighted by molar-refractivity contribution is -0.200. The number of likely N-dealkylation sites (N-methyl/N-ethyl adjacent to an activating group) is 2. The Balaban J connectivity index is 1.20. The largest absolute Gasteiger partial charge is 0.497 e. The molecule has 4 aliphatic heterocycles. The molecule has 2 saturated carbocycles. The first-order valence-corrected chi connectivity index (χ1v) is 19.2. The van der Waals surface area contributed by atoms with Crippen LogP contribution in [0.5, 0.6) is 5.75 Å². The number of hydrogen-bond acceptors (Lipinski definition) is 7. The number of nitrogens with zero attached hydrogens (tertiary/aromatic N) is 5. The molecular formula is C37H46N6O5S. The standard InChI is InChI=1S/C37H46N6O5S/c1-39(2)49(46,47)38-34(44)23-11-13-26-29(15-23)43-20-36(35(45)42-19-31-37(21-42)30(41(31)4)18-40(37)3)17-28(36)27-16-24(48-5)12-14-25(27)33(43)32(26)22-9-7-6-8-10-22/h11-16,22,28,30-31H,6-10,17-21H2,1-5H3,(H,38,44). The molecule has 1 spiro atoms. The molecule has 0 bridgehead atoms. The van der Waals surface area contributed by atoms with Crippen LogP contribution >= 0.6 is 0 Å². The summed E-state index contributed by atoms with van der Waals surface area (Å²) in [6.45, 7) is 3.06. The summed E-state index contributed by atoms with van der Waals surface area (Å²) in [6.07, 6.45) is 6.51. The lowest BCUT2D eigenvalue weighted by Crippen LogP contribution is -2.90. The van der Waals surface area contributed by atoms with E-state index in [1.807, 2.05) is 18.2 Å². The number of piperazine rings is 1. The van der Waals surface area contributed by atoms with Crippen LogP contribution in [0.1, 0.15) is 71.8 Å². The first-order chi connectivity index (χ1) is 23.4. The van der Waals surface area contributed by atoms with Gasteiger partial charge in [0.15, 0.2) is 0 Å². The van der Waals surface area contributed by atoms with Gasteiger partial charge in [-0.15, -0.1) is 0 Å². The molecule has 1 aromatic heterocycles. The van der Waals surface area contributed by atoms with E-state index in [4.69, 9.17) is 4.74 Å². The average Bonchev–Trinajstić information content (AvgIpc) is 3.58. The second-order valence-electron chi connectivity index (χ2n) is 15.8. The molecule has 1 N–H and O–H groups in total. The molecular weight excluding hydrogens is 641 g/mol. The van der Waals surface area contributed by atoms with Gasteiger partial charge in [-0.1, -0.05) is 25.3 Å². The highest BCUT2D eigenvalue weighted by Gasteiger charge is 2.74. The molecule has 5 atom stereocenters. The van der Waals surface area contributed by atoms with Crippen LogP contribution < -0.4 is 9.46 Å². The lowest BCUT2D eigenvalue weighted by atomic mass is 9.66. The zero-order valence-corrected chi connectivity index (χ0v) is 29.8. The Bertz CT molecular complexity index is 2040. The van der Waals surface area contributed by atoms with Crippen molar-refractivity contribution >= 4 is 32.9 Å². The van der Waals surface area contributed by atoms with Crippen LogP contribution in [0.15, 0.2) is 36.4 Å². The van der Waals surface area contributed by atoms with Crippen LogP contribution in [0.3, 0.4) is 0 Å². The van der Waals surface area contributed by atoms with Crippen molar-refractivity contribution in [2.45, 2.75) is 74.5 Å². The minimum Gasteiger partial charge on any atom is -0.497 e. The van der Waals surface area contributed by atoms with Crippen molar-refractivity contribution in [2.75, 3.05) is 54.9 Å². The number of hydrogen-bond donors (Lipinski definition) is 1. The smallest absolute Gasteiger partial charge is 0.303 e. The summed E-state index contributed by atoms with van der Waals surface area (Å²) < 4.78 is 36.5. The number of amides is 2. The molecule has 2 amide bonds. The van der Waals surface area contributed by atoms with E-state index in [2.05, 4.69) is 50.2 Å². The molecule has 260 valence electrons. The molecule has 5 heterocycles. The maximum Gasteiger partial charge on any atom is 0.303 e. The Kier molecular flexibility index (Phi) is 6.78. The number of rotatable bonds is 6. The van der Waals surface area contributed by atoms with Gasteiger partial charge in [0.25, 0.3) is 5.91 Å². The van der Waals surface area contributed by atoms with Gasteiger partial charge in [0.2, 0.25) is 5.91 Å². The molecule has 49 heavy (non-hydrogen) atoms. The highest BCUT2D eigenvalue weighted by Crippen LogP contribution is 2.67. The number of fused-ring (bicyclic) bond motifs is 7. The zero-order chi connectivity index (χ0) is 34.2. The van der Waals surface area contributed by atoms with Crippen LogP contribution in [0.25, 0.3) is 22.2 Å². The Morgan fingerprint density at radius 1 is 0.980 bits per heavy atom. The van der Waals surface area contributed by atoms with Gasteiger partial charge in [-0.05, 0) is 80.7 Å². The van der Waals surface area contributed by atoms with Crippen LogP contribution in [-0.4, -0.2) is 116 Å². The summed E-state index contributed by atoms with van der Waals surface area (Å²) in [5, 5.41) is 1.08. The van der Waals surface area contributed by atoms with Gasteiger partial charge in [0, 0.05) is 80.3 Å². The fourth-order valence-corrected chi connectivity index (χ4v) is 11.1. The van der Waals surface area contributed by atoms with Crippen molar-refractivity contribution in [3.63, 3.8) is 0 Å². The Morgan fingerprint density at radius 3 is 2.43 bits per heavy atom. The predicted octanol–water partition coefficient (Wildman–Crippen LogP) is 3.60. The molecule has 12 heteroatoms. The Labute approximate surface area is 288 Å². The summed E-state index contributed by atoms with van der Waals surface area (Å²) in [4.78, 5) is 35.5. The molecule has 6 aliphatic rings. The average molecular weight is 687 g/mol. The summed E-state index contributed by atoms with van der Waals surface area (Å²) in [5.41, 5.74) is 5.32. The van der Waals surface area contributed by atoms with E-state index >= 15 is 4.79 Å². The third-order valence-electron chi connectivity index (χ3n) is 13.3. The van der Waals surface area contributed by atoms with Crippen molar-refractivity contribution in [3.8, 4) is 17.0 Å². The topological polar surface area (TPSA) is 107 Å². The number of benzene rings is 2. The zero-order valence-electron chi connectivity index (χ0n) is 29.0. The van der Waals surface area contributed by atoms with E-state index in [-0.39, 0.29) is 22.9 Å². The predicted molar refractivity (Wildman–Crippen MR) is 187 cm³/mol. The summed E-state index contributed by atoms with van der Waals surface area (Å²) in [7, 11) is 4.90. The Morgan fingerprint density at radius 2 is 1.73 bits per heavy atom. The van der Waals surface area contributed by atoms with Gasteiger partial charge in [-0.2, -0.15) is 12.7 Å². The van der Waals surface area contributed by atoms with Crippen LogP contribution in [0.4, 0.5) is 0 Å². The number of ether oxygens (including phenoxy) is 1. The van der Waals surface area contributed by atoms with Crippen molar-refractivity contribution < 1.29 is 22.7 Å². The third-order valence-corrected chi connectivity index (χ3v) is 14.7. The first kappa shape index (κ1) is 31.5. The molecule has 5 unspecified atom stereocenters. The molecule has 2 aliphatic carbocycles. The fraction of sp³-hybridized carbons (Fsp3) is 0.568. The molecule has 0 radical (unpaired) electrons. The maximum atomic E-state index is 15.0. The molecule has 3 saturated heterocycles. The molecule has 3 aromatic rings. The minimum absolute atomic E-state index is 0.0550. The van der Waals surface area contributed by atoms with Crippen molar-refractivity contribution in [2.24, 2.45) is 5.41 Å². The highest BCUT2D eigenvalue weighted by molar-refractivity contribution is 7.87. The maximum absolute atomic E-state index is 15.0. The van der Waals surface area contributed by atoms with Gasteiger partial charge in [-0.25, -0.2) is 4.72 Å². The van der Waals surface area contributed by atoms with Gasteiger partial charge in [-0.3, -0.25) is 19.4 Å². The van der Waals surface area contributed by atoms with E-state index in [1.165, 1.54) is 38.9 Å². The van der Waals surface area contributed by atoms with Crippen LogP contribution in [0, 0.1) is 5.41 Å². The van der Waals surface area contributed by atoms with Crippen LogP contribution in [-0.2, 0) is 21.5 Å². The summed E-state index contributed by atoms with van der Waals surface area (Å²) >= 11 is 0. The van der Waals surface area contributed by atoms with Crippen molar-refractivity contribution in [1.29, 1.82) is 0 Å². The van der Waals surface area contributed by atoms with Crippen molar-refractivity contribution in [3.05, 3.63) is 53.1 Å². The van der Waals surface area contributed by atoms with E-state index in [0.717, 1.165) is 76.7 Å². The number of carbonyl (C=O) groups excluding carboxylic acids is 2. The normalized spacial score (nSPS) is 30.7. The quantitative estimate of drug-likeness (QED) is 0.423. The van der Waals surface area contributed by atoms with E-state index in [1.54, 1.807) is 13.2 Å². The van der Waals surface area contributed by atoms with E-state index < -0.39 is 21.5 Å². The lowest BCUT2D eigenvalue weighted by Gasteiger charge is -2.71. The van der Waals surface area contributed by atoms with Gasteiger partial charge in [0.1, 0.15) is 5.75 Å². The molecule has 2 aromatic carbocycles. The number of likely N-dealkylation sites (tertiary alicyclic amines) is 3. The monoisotopic (exact) mass is 686 g/mol. The number of aromatic nitrogens is 1. The van der Waals surface area contributed by atoms with E-state index in [9.17, 15) is 13.2 Å². The third kappa shape index (κ3) is 4.20. The number of carbonyl (C=O) groups is 2. The van der Waals surface area contributed by atoms with Gasteiger partial charge < -0.3 is 14.2 Å². The second kappa shape index (κ2) is 10.5. The number of methoxy groups -OCH3 is 1. The Hall–Kier alpha value is -3.45. The minimum atomic E-state index is -3.97. The summed E-state index contributed by atoms with van der Waals surface area (Å²) in [6, 6.07) is 12.8. The van der Waals surface area contributed by atoms with Gasteiger partial charge in [0.05, 0.1) is 23.8 Å². The summed E-state index contributed by atoms with van der Waals surface area (Å²) in [5.74, 6) is 0.749. The molecule has 5 fully saturated rings. The van der Waals surface area contributed by atoms with Crippen LogP contribution in [0.2, 0.25) is 0 Å². The van der Waals surface area contributed by atoms with E-state index in [0.29, 0.717) is 24.5 Å². The fourth-order valence-electron chi connectivity index (χ4n) is 10.5. The molecule has 9 rings (SSSR count). The first-order valence-electron chi connectivity index (χ1n) is 17.7. The second-order valence-corrected chi connectivity index (χ2v) is 17.6.